The van der Waals surface area contributed by atoms with Gasteiger partial charge in [0.2, 0.25) is 0 Å². The summed E-state index contributed by atoms with van der Waals surface area (Å²) in [5.41, 5.74) is 3.10. The Hall–Kier alpha value is -3.53. The molecular weight excluding hydrogens is 442 g/mol. The number of fused-ring (bicyclic) bond motifs is 1. The third-order valence-electron chi connectivity index (χ3n) is 5.41. The molecule has 1 aliphatic heterocycles. The van der Waals surface area contributed by atoms with Crippen molar-refractivity contribution in [3.8, 4) is 5.75 Å². The molecule has 0 spiro atoms. The molecule has 1 heterocycles. The van der Waals surface area contributed by atoms with E-state index in [0.717, 1.165) is 17.4 Å². The van der Waals surface area contributed by atoms with Gasteiger partial charge in [0, 0.05) is 22.9 Å². The first-order chi connectivity index (χ1) is 15.8. The number of amides is 1. The summed E-state index contributed by atoms with van der Waals surface area (Å²) < 4.78 is 29.0. The maximum Gasteiger partial charge on any atom is 0.259 e. The molecule has 0 aromatic heterocycles. The van der Waals surface area contributed by atoms with Gasteiger partial charge in [-0.05, 0) is 18.2 Å². The minimum absolute atomic E-state index is 0.0349. The summed E-state index contributed by atoms with van der Waals surface area (Å²) in [5.74, 6) is -0.450. The Labute approximate surface area is 192 Å². The Bertz CT molecular complexity index is 1320. The standard InChI is InChI=1S/C24H23N3O5S/c1-32-21-14-17(33(2,30)31)12-13-20(21)24(28)26-23-19-11-7-6-10-18(19)22(25-15-27(23)29)16-8-4-3-5-9-16/h3-14,23,27H,15H2,1-2H3,(H,26,28). The number of aliphatic imine (C=N–C) groups is 1. The van der Waals surface area contributed by atoms with Crippen molar-refractivity contribution in [3.63, 3.8) is 0 Å². The van der Waals surface area contributed by atoms with E-state index in [9.17, 15) is 18.4 Å². The van der Waals surface area contributed by atoms with Crippen molar-refractivity contribution >= 4 is 21.5 Å². The van der Waals surface area contributed by atoms with Gasteiger partial charge >= 0.3 is 0 Å². The molecule has 0 saturated heterocycles. The van der Waals surface area contributed by atoms with Crippen LogP contribution in [0.2, 0.25) is 0 Å². The van der Waals surface area contributed by atoms with Crippen LogP contribution in [0.3, 0.4) is 0 Å². The zero-order valence-corrected chi connectivity index (χ0v) is 18.9. The van der Waals surface area contributed by atoms with E-state index in [1.54, 1.807) is 12.1 Å². The van der Waals surface area contributed by atoms with Crippen molar-refractivity contribution in [1.29, 1.82) is 0 Å². The van der Waals surface area contributed by atoms with Crippen molar-refractivity contribution in [3.05, 3.63) is 100 Å². The predicted molar refractivity (Wildman–Crippen MR) is 124 cm³/mol. The summed E-state index contributed by atoms with van der Waals surface area (Å²) in [7, 11) is -2.12. The number of hydroxylamine groups is 2. The highest BCUT2D eigenvalue weighted by Gasteiger charge is 2.29. The molecule has 0 radical (unpaired) electrons. The summed E-state index contributed by atoms with van der Waals surface area (Å²) in [6, 6.07) is 20.9. The smallest absolute Gasteiger partial charge is 0.259 e. The van der Waals surface area contributed by atoms with E-state index in [0.29, 0.717) is 11.3 Å². The Balaban J connectivity index is 1.70. The number of carbonyl (C=O) groups is 1. The van der Waals surface area contributed by atoms with E-state index in [1.165, 1.54) is 25.3 Å². The summed E-state index contributed by atoms with van der Waals surface area (Å²) in [4.78, 5) is 17.7. The maximum atomic E-state index is 13.1. The lowest BCUT2D eigenvalue weighted by Gasteiger charge is -2.30. The molecule has 0 saturated carbocycles. The van der Waals surface area contributed by atoms with Crippen LogP contribution in [0.4, 0.5) is 0 Å². The molecule has 0 bridgehead atoms. The fraction of sp³-hybridized carbons (Fsp3) is 0.167. The topological polar surface area (TPSA) is 112 Å². The van der Waals surface area contributed by atoms with E-state index in [-0.39, 0.29) is 27.9 Å². The minimum atomic E-state index is -3.47. The molecule has 170 valence electrons. The summed E-state index contributed by atoms with van der Waals surface area (Å²) >= 11 is 0. The van der Waals surface area contributed by atoms with Gasteiger partial charge in [0.25, 0.3) is 5.91 Å². The third-order valence-corrected chi connectivity index (χ3v) is 6.52. The largest absolute Gasteiger partial charge is 0.631 e. The number of rotatable bonds is 5. The first-order valence-electron chi connectivity index (χ1n) is 10.2. The lowest BCUT2D eigenvalue weighted by atomic mass is 9.96. The molecule has 2 unspecified atom stereocenters. The van der Waals surface area contributed by atoms with Crippen LogP contribution in [0.1, 0.15) is 33.2 Å². The molecule has 1 amide bonds. The molecule has 3 aromatic rings. The molecule has 0 fully saturated rings. The van der Waals surface area contributed by atoms with Crippen LogP contribution in [0.5, 0.6) is 5.75 Å². The van der Waals surface area contributed by atoms with Crippen LogP contribution in [0.25, 0.3) is 0 Å². The Morgan fingerprint density at radius 2 is 1.79 bits per heavy atom. The Kier molecular flexibility index (Phi) is 6.28. The minimum Gasteiger partial charge on any atom is -0.631 e. The number of sulfone groups is 1. The second kappa shape index (κ2) is 9.14. The summed E-state index contributed by atoms with van der Waals surface area (Å²) in [5, 5.41) is 15.6. The number of hydrogen-bond donors (Lipinski definition) is 2. The quantitative estimate of drug-likeness (QED) is 0.557. The van der Waals surface area contributed by atoms with Gasteiger partial charge in [-0.3, -0.25) is 10.1 Å². The fourth-order valence-electron chi connectivity index (χ4n) is 3.77. The van der Waals surface area contributed by atoms with Crippen molar-refractivity contribution in [1.82, 2.24) is 5.32 Å². The average molecular weight is 466 g/mol. The van der Waals surface area contributed by atoms with Gasteiger partial charge in [-0.1, -0.05) is 54.6 Å². The van der Waals surface area contributed by atoms with Crippen LogP contribution in [-0.4, -0.2) is 40.1 Å². The lowest BCUT2D eigenvalue weighted by Crippen LogP contribution is -3.09. The van der Waals surface area contributed by atoms with Crippen LogP contribution >= 0.6 is 0 Å². The number of quaternary nitrogens is 1. The first-order valence-corrected chi connectivity index (χ1v) is 12.1. The van der Waals surface area contributed by atoms with Crippen LogP contribution in [-0.2, 0) is 9.84 Å². The normalized spacial score (nSPS) is 18.0. The number of carbonyl (C=O) groups excluding carboxylic acids is 1. The van der Waals surface area contributed by atoms with Crippen molar-refractivity contribution in [2.75, 3.05) is 20.0 Å². The van der Waals surface area contributed by atoms with Gasteiger partial charge in [0.15, 0.2) is 22.7 Å². The van der Waals surface area contributed by atoms with Gasteiger partial charge in [0.1, 0.15) is 5.75 Å². The van der Waals surface area contributed by atoms with E-state index >= 15 is 0 Å². The SMILES string of the molecule is COc1cc(S(C)(=O)=O)ccc1C(=O)NC1c2ccccc2C(c2ccccc2)=NC[NH+]1[O-]. The number of ether oxygens (including phenoxy) is 1. The zero-order chi connectivity index (χ0) is 23.6. The second-order valence-electron chi connectivity index (χ2n) is 7.63. The van der Waals surface area contributed by atoms with Crippen LogP contribution in [0, 0.1) is 5.21 Å². The Morgan fingerprint density at radius 1 is 1.09 bits per heavy atom. The van der Waals surface area contributed by atoms with E-state index < -0.39 is 21.9 Å². The number of benzene rings is 3. The van der Waals surface area contributed by atoms with Gasteiger partial charge in [-0.2, -0.15) is 0 Å². The molecule has 2 atom stereocenters. The molecule has 8 nitrogen and oxygen atoms in total. The molecule has 33 heavy (non-hydrogen) atoms. The summed E-state index contributed by atoms with van der Waals surface area (Å²) in [6.07, 6.45) is 0.158. The van der Waals surface area contributed by atoms with Crippen LogP contribution in [0.15, 0.2) is 82.7 Å². The van der Waals surface area contributed by atoms with Crippen molar-refractivity contribution in [2.45, 2.75) is 11.1 Å². The average Bonchev–Trinajstić information content (AvgIpc) is 2.95. The van der Waals surface area contributed by atoms with E-state index in [2.05, 4.69) is 10.3 Å². The van der Waals surface area contributed by atoms with E-state index in [4.69, 9.17) is 4.74 Å². The number of nitrogens with one attached hydrogen (secondary N) is 2. The van der Waals surface area contributed by atoms with Crippen molar-refractivity contribution < 1.29 is 23.0 Å². The number of nitrogens with zero attached hydrogens (tertiary/aromatic N) is 1. The molecule has 1 aliphatic rings. The Morgan fingerprint density at radius 3 is 2.48 bits per heavy atom. The monoisotopic (exact) mass is 465 g/mol. The zero-order valence-electron chi connectivity index (χ0n) is 18.1. The molecule has 4 rings (SSSR count). The highest BCUT2D eigenvalue weighted by atomic mass is 32.2. The highest BCUT2D eigenvalue weighted by molar-refractivity contribution is 7.90. The molecule has 2 N–H and O–H groups in total. The third kappa shape index (κ3) is 4.65. The first kappa shape index (κ1) is 22.7. The predicted octanol–water partition coefficient (Wildman–Crippen LogP) is 1.72. The van der Waals surface area contributed by atoms with Crippen LogP contribution < -0.4 is 15.1 Å². The van der Waals surface area contributed by atoms with Gasteiger partial charge in [-0.25, -0.2) is 13.4 Å². The van der Waals surface area contributed by atoms with E-state index in [1.807, 2.05) is 42.5 Å². The molecule has 0 aliphatic carbocycles. The molecular formula is C24H23N3O5S. The van der Waals surface area contributed by atoms with Crippen molar-refractivity contribution in [2.24, 2.45) is 4.99 Å². The lowest BCUT2D eigenvalue weighted by molar-refractivity contribution is -0.883. The van der Waals surface area contributed by atoms with Gasteiger partial charge in [0.05, 0.1) is 23.3 Å². The van der Waals surface area contributed by atoms with Gasteiger partial charge in [-0.15, -0.1) is 0 Å². The molecule has 9 heteroatoms. The number of methoxy groups -OCH3 is 1. The maximum absolute atomic E-state index is 13.1. The highest BCUT2D eigenvalue weighted by Crippen LogP contribution is 2.25. The summed E-state index contributed by atoms with van der Waals surface area (Å²) in [6.45, 7) is -0.0893. The van der Waals surface area contributed by atoms with Gasteiger partial charge < -0.3 is 15.0 Å². The molecule has 3 aromatic carbocycles. The number of hydrogen-bond acceptors (Lipinski definition) is 6. The second-order valence-corrected chi connectivity index (χ2v) is 9.64. The fourth-order valence-corrected chi connectivity index (χ4v) is 4.41.